The predicted molar refractivity (Wildman–Crippen MR) is 77.1 cm³/mol. The number of nitrogens with one attached hydrogen (secondary N) is 1. The molecule has 104 valence electrons. The molecule has 0 aliphatic carbocycles. The lowest BCUT2D eigenvalue weighted by molar-refractivity contribution is 0.338. The van der Waals surface area contributed by atoms with E-state index >= 15 is 0 Å². The maximum absolute atomic E-state index is 13.1. The predicted octanol–water partition coefficient (Wildman–Crippen LogP) is 2.48. The van der Waals surface area contributed by atoms with Crippen LogP contribution in [-0.2, 0) is 0 Å². The van der Waals surface area contributed by atoms with E-state index in [1.165, 1.54) is 12.1 Å². The minimum Gasteiger partial charge on any atom is -0.492 e. The fourth-order valence-corrected chi connectivity index (χ4v) is 1.93. The molecule has 0 bridgehead atoms. The van der Waals surface area contributed by atoms with Gasteiger partial charge in [-0.1, -0.05) is 0 Å². The molecule has 1 aromatic carbocycles. The van der Waals surface area contributed by atoms with Crippen molar-refractivity contribution < 1.29 is 9.13 Å². The average Bonchev–Trinajstić information content (AvgIpc) is 2.31. The molecular weight excluding hydrogens is 278 g/mol. The number of nitrogens with zero attached hydrogens (tertiary/aromatic N) is 1. The van der Waals surface area contributed by atoms with Crippen LogP contribution in [0.15, 0.2) is 18.2 Å². The third-order valence-corrected chi connectivity index (χ3v) is 2.68. The lowest BCUT2D eigenvalue weighted by atomic mass is 10.2. The van der Waals surface area contributed by atoms with E-state index in [-0.39, 0.29) is 30.6 Å². The molecule has 0 saturated carbocycles. The number of benzene rings is 1. The first kappa shape index (κ1) is 17.3. The van der Waals surface area contributed by atoms with Crippen LogP contribution < -0.4 is 15.0 Å². The lowest BCUT2D eigenvalue weighted by Gasteiger charge is -2.30. The van der Waals surface area contributed by atoms with E-state index in [1.807, 2.05) is 6.92 Å². The molecule has 0 aromatic heterocycles. The summed E-state index contributed by atoms with van der Waals surface area (Å²) in [6, 6.07) is 4.74. The largest absolute Gasteiger partial charge is 0.492 e. The molecule has 0 amide bonds. The van der Waals surface area contributed by atoms with Crippen LogP contribution in [-0.4, -0.2) is 32.8 Å². The van der Waals surface area contributed by atoms with Crippen molar-refractivity contribution in [2.45, 2.75) is 6.92 Å². The van der Waals surface area contributed by atoms with Crippen LogP contribution in [0.5, 0.6) is 5.75 Å². The lowest BCUT2D eigenvalue weighted by Crippen LogP contribution is -2.43. The summed E-state index contributed by atoms with van der Waals surface area (Å²) in [6.07, 6.45) is 0. The van der Waals surface area contributed by atoms with Gasteiger partial charge in [-0.3, -0.25) is 0 Å². The molecule has 6 heteroatoms. The van der Waals surface area contributed by atoms with Crippen molar-refractivity contribution in [1.82, 2.24) is 5.32 Å². The van der Waals surface area contributed by atoms with E-state index in [0.717, 1.165) is 31.9 Å². The molecule has 1 fully saturated rings. The van der Waals surface area contributed by atoms with Gasteiger partial charge in [-0.2, -0.15) is 0 Å². The number of piperazine rings is 1. The van der Waals surface area contributed by atoms with Crippen molar-refractivity contribution >= 4 is 30.5 Å². The fourth-order valence-electron chi connectivity index (χ4n) is 1.93. The molecule has 0 radical (unpaired) electrons. The summed E-state index contributed by atoms with van der Waals surface area (Å²) < 4.78 is 18.6. The second kappa shape index (κ2) is 8.40. The van der Waals surface area contributed by atoms with Gasteiger partial charge in [-0.15, -0.1) is 24.8 Å². The highest BCUT2D eigenvalue weighted by atomic mass is 35.5. The quantitative estimate of drug-likeness (QED) is 0.927. The topological polar surface area (TPSA) is 24.5 Å². The van der Waals surface area contributed by atoms with E-state index in [0.29, 0.717) is 12.4 Å². The third kappa shape index (κ3) is 4.19. The number of anilines is 1. The highest BCUT2D eigenvalue weighted by Gasteiger charge is 2.15. The van der Waals surface area contributed by atoms with Crippen LogP contribution in [0.1, 0.15) is 6.92 Å². The van der Waals surface area contributed by atoms with Gasteiger partial charge in [0.2, 0.25) is 0 Å². The molecular formula is C12H19Cl2FN2O. The van der Waals surface area contributed by atoms with E-state index < -0.39 is 0 Å². The van der Waals surface area contributed by atoms with E-state index in [4.69, 9.17) is 4.74 Å². The minimum atomic E-state index is -0.248. The van der Waals surface area contributed by atoms with Crippen LogP contribution in [0, 0.1) is 5.82 Å². The Morgan fingerprint density at radius 2 is 1.94 bits per heavy atom. The summed E-state index contributed by atoms with van der Waals surface area (Å²) in [6.45, 7) is 6.26. The van der Waals surface area contributed by atoms with Gasteiger partial charge in [0.15, 0.2) is 0 Å². The Morgan fingerprint density at radius 1 is 1.28 bits per heavy atom. The van der Waals surface area contributed by atoms with E-state index in [1.54, 1.807) is 6.07 Å². The van der Waals surface area contributed by atoms with Gasteiger partial charge in [0, 0.05) is 32.2 Å². The van der Waals surface area contributed by atoms with Gasteiger partial charge in [-0.25, -0.2) is 4.39 Å². The van der Waals surface area contributed by atoms with Crippen molar-refractivity contribution in [2.24, 2.45) is 0 Å². The Kier molecular flexibility index (Phi) is 8.07. The molecule has 1 heterocycles. The van der Waals surface area contributed by atoms with Crippen LogP contribution in [0.25, 0.3) is 0 Å². The van der Waals surface area contributed by atoms with Gasteiger partial charge in [0.1, 0.15) is 11.6 Å². The van der Waals surface area contributed by atoms with Gasteiger partial charge in [0.25, 0.3) is 0 Å². The Hall–Kier alpha value is -0.710. The second-order valence-electron chi connectivity index (χ2n) is 3.78. The van der Waals surface area contributed by atoms with Crippen molar-refractivity contribution in [3.05, 3.63) is 24.0 Å². The summed E-state index contributed by atoms with van der Waals surface area (Å²) >= 11 is 0. The number of hydrogen-bond acceptors (Lipinski definition) is 3. The first-order valence-corrected chi connectivity index (χ1v) is 5.69. The number of halogens is 3. The van der Waals surface area contributed by atoms with Crippen LogP contribution >= 0.6 is 24.8 Å². The molecule has 0 unspecified atom stereocenters. The van der Waals surface area contributed by atoms with Crippen molar-refractivity contribution in [3.8, 4) is 5.75 Å². The van der Waals surface area contributed by atoms with Crippen molar-refractivity contribution in [2.75, 3.05) is 37.7 Å². The summed E-state index contributed by atoms with van der Waals surface area (Å²) in [5, 5.41) is 3.29. The van der Waals surface area contributed by atoms with E-state index in [9.17, 15) is 4.39 Å². The zero-order valence-electron chi connectivity index (χ0n) is 10.3. The van der Waals surface area contributed by atoms with Gasteiger partial charge >= 0.3 is 0 Å². The molecule has 1 N–H and O–H groups in total. The number of ether oxygens (including phenoxy) is 1. The molecule has 1 aromatic rings. The molecule has 0 atom stereocenters. The average molecular weight is 297 g/mol. The van der Waals surface area contributed by atoms with Crippen molar-refractivity contribution in [3.63, 3.8) is 0 Å². The Morgan fingerprint density at radius 3 is 2.56 bits per heavy atom. The SMILES string of the molecule is CCOc1cc(F)ccc1N1CCNCC1.Cl.Cl. The molecule has 1 saturated heterocycles. The molecule has 2 rings (SSSR count). The normalized spacial score (nSPS) is 14.4. The summed E-state index contributed by atoms with van der Waals surface area (Å²) in [4.78, 5) is 2.22. The number of hydrogen-bond donors (Lipinski definition) is 1. The van der Waals surface area contributed by atoms with Crippen LogP contribution in [0.3, 0.4) is 0 Å². The molecule has 1 aliphatic heterocycles. The Bertz CT molecular complexity index is 360. The maximum atomic E-state index is 13.1. The fraction of sp³-hybridized carbons (Fsp3) is 0.500. The highest BCUT2D eigenvalue weighted by Crippen LogP contribution is 2.29. The Labute approximate surface area is 120 Å². The summed E-state index contributed by atoms with van der Waals surface area (Å²) in [5.41, 5.74) is 0.991. The van der Waals surface area contributed by atoms with Gasteiger partial charge in [-0.05, 0) is 19.1 Å². The first-order valence-electron chi connectivity index (χ1n) is 5.69. The van der Waals surface area contributed by atoms with E-state index in [2.05, 4.69) is 10.2 Å². The molecule has 3 nitrogen and oxygen atoms in total. The van der Waals surface area contributed by atoms with Gasteiger partial charge < -0.3 is 15.0 Å². The van der Waals surface area contributed by atoms with Crippen LogP contribution in [0.4, 0.5) is 10.1 Å². The molecule has 1 aliphatic rings. The molecule has 0 spiro atoms. The highest BCUT2D eigenvalue weighted by molar-refractivity contribution is 5.85. The van der Waals surface area contributed by atoms with Crippen LogP contribution in [0.2, 0.25) is 0 Å². The second-order valence-corrected chi connectivity index (χ2v) is 3.78. The zero-order chi connectivity index (χ0) is 11.4. The standard InChI is InChI=1S/C12H17FN2O.2ClH/c1-2-16-12-9-10(13)3-4-11(12)15-7-5-14-6-8-15;;/h3-4,9,14H,2,5-8H2,1H3;2*1H. The Balaban J connectivity index is 0.00000144. The van der Waals surface area contributed by atoms with Crippen molar-refractivity contribution in [1.29, 1.82) is 0 Å². The first-order chi connectivity index (χ1) is 7.81. The molecule has 18 heavy (non-hydrogen) atoms. The maximum Gasteiger partial charge on any atom is 0.145 e. The monoisotopic (exact) mass is 296 g/mol. The van der Waals surface area contributed by atoms with Gasteiger partial charge in [0.05, 0.1) is 12.3 Å². The number of rotatable bonds is 3. The minimum absolute atomic E-state index is 0. The zero-order valence-corrected chi connectivity index (χ0v) is 12.0. The third-order valence-electron chi connectivity index (χ3n) is 2.68. The summed E-state index contributed by atoms with van der Waals surface area (Å²) in [7, 11) is 0. The summed E-state index contributed by atoms with van der Waals surface area (Å²) in [5.74, 6) is 0.395. The smallest absolute Gasteiger partial charge is 0.145 e.